The standard InChI is InChI=1S/C8H13NO/c1-3-8(10)6-7(2)4-5-9/h3,6,10H,1-2,4-5,9H2/b8-6+. The summed E-state index contributed by atoms with van der Waals surface area (Å²) in [6.45, 7) is 7.61. The van der Waals surface area contributed by atoms with Crippen LogP contribution >= 0.6 is 0 Å². The highest BCUT2D eigenvalue weighted by atomic mass is 16.3. The highest BCUT2D eigenvalue weighted by Gasteiger charge is 1.88. The summed E-state index contributed by atoms with van der Waals surface area (Å²) in [4.78, 5) is 0. The van der Waals surface area contributed by atoms with Crippen LogP contribution in [0.25, 0.3) is 0 Å². The fraction of sp³-hybridized carbons (Fsp3) is 0.250. The summed E-state index contributed by atoms with van der Waals surface area (Å²) in [6.07, 6.45) is 3.62. The molecular weight excluding hydrogens is 126 g/mol. The summed E-state index contributed by atoms with van der Waals surface area (Å²) in [5.41, 5.74) is 6.07. The van der Waals surface area contributed by atoms with E-state index >= 15 is 0 Å². The molecule has 0 heterocycles. The van der Waals surface area contributed by atoms with Crippen molar-refractivity contribution < 1.29 is 5.11 Å². The van der Waals surface area contributed by atoms with Gasteiger partial charge in [0.2, 0.25) is 0 Å². The highest BCUT2D eigenvalue weighted by Crippen LogP contribution is 2.01. The van der Waals surface area contributed by atoms with Crippen molar-refractivity contribution in [1.29, 1.82) is 0 Å². The predicted octanol–water partition coefficient (Wildman–Crippen LogP) is 1.52. The Bertz CT molecular complexity index is 159. The van der Waals surface area contributed by atoms with Gasteiger partial charge in [0.05, 0.1) is 0 Å². The van der Waals surface area contributed by atoms with Crippen molar-refractivity contribution in [3.05, 3.63) is 36.6 Å². The first-order chi connectivity index (χ1) is 4.70. The van der Waals surface area contributed by atoms with Gasteiger partial charge in [0.1, 0.15) is 5.76 Å². The molecule has 0 saturated carbocycles. The summed E-state index contributed by atoms with van der Waals surface area (Å²) in [6, 6.07) is 0. The van der Waals surface area contributed by atoms with E-state index in [9.17, 15) is 0 Å². The van der Waals surface area contributed by atoms with Crippen molar-refractivity contribution in [3.8, 4) is 0 Å². The quantitative estimate of drug-likeness (QED) is 0.458. The Kier molecular flexibility index (Phi) is 4.33. The van der Waals surface area contributed by atoms with Crippen LogP contribution in [0.15, 0.2) is 36.6 Å². The van der Waals surface area contributed by atoms with Gasteiger partial charge in [-0.2, -0.15) is 0 Å². The number of aliphatic hydroxyl groups excluding tert-OH is 1. The summed E-state index contributed by atoms with van der Waals surface area (Å²) in [5, 5.41) is 8.90. The molecule has 0 unspecified atom stereocenters. The zero-order valence-corrected chi connectivity index (χ0v) is 6.01. The predicted molar refractivity (Wildman–Crippen MR) is 43.7 cm³/mol. The molecule has 0 bridgehead atoms. The summed E-state index contributed by atoms with van der Waals surface area (Å²) >= 11 is 0. The van der Waals surface area contributed by atoms with Crippen molar-refractivity contribution in [2.45, 2.75) is 6.42 Å². The van der Waals surface area contributed by atoms with E-state index in [0.29, 0.717) is 13.0 Å². The van der Waals surface area contributed by atoms with Gasteiger partial charge < -0.3 is 10.8 Å². The Morgan fingerprint density at radius 3 is 2.60 bits per heavy atom. The van der Waals surface area contributed by atoms with Gasteiger partial charge in [-0.15, -0.1) is 0 Å². The van der Waals surface area contributed by atoms with Crippen LogP contribution in [0, 0.1) is 0 Å². The van der Waals surface area contributed by atoms with Gasteiger partial charge in [-0.05, 0) is 25.1 Å². The van der Waals surface area contributed by atoms with Gasteiger partial charge in [0, 0.05) is 0 Å². The second kappa shape index (κ2) is 4.82. The van der Waals surface area contributed by atoms with E-state index in [1.165, 1.54) is 6.08 Å². The Morgan fingerprint density at radius 1 is 1.60 bits per heavy atom. The number of aliphatic hydroxyl groups is 1. The second-order valence-electron chi connectivity index (χ2n) is 1.97. The Balaban J connectivity index is 3.86. The van der Waals surface area contributed by atoms with Gasteiger partial charge in [-0.3, -0.25) is 0 Å². The number of allylic oxidation sites excluding steroid dienone is 2. The van der Waals surface area contributed by atoms with Crippen molar-refractivity contribution in [1.82, 2.24) is 0 Å². The minimum atomic E-state index is 0.137. The van der Waals surface area contributed by atoms with Crippen LogP contribution in [0.5, 0.6) is 0 Å². The number of hydrogen-bond acceptors (Lipinski definition) is 2. The average Bonchev–Trinajstić information content (AvgIpc) is 1.88. The van der Waals surface area contributed by atoms with Crippen LogP contribution in [0.4, 0.5) is 0 Å². The zero-order chi connectivity index (χ0) is 7.98. The molecule has 2 nitrogen and oxygen atoms in total. The molecule has 0 aliphatic rings. The third-order valence-electron chi connectivity index (χ3n) is 1.03. The molecule has 0 rings (SSSR count). The Hall–Kier alpha value is -1.02. The topological polar surface area (TPSA) is 46.2 Å². The first kappa shape index (κ1) is 8.98. The smallest absolute Gasteiger partial charge is 0.115 e. The molecule has 0 aliphatic heterocycles. The zero-order valence-electron chi connectivity index (χ0n) is 6.01. The maximum atomic E-state index is 8.90. The molecule has 0 aromatic heterocycles. The molecule has 0 saturated heterocycles. The SMILES string of the molecule is C=C/C(O)=C\C(=C)CCN. The third-order valence-corrected chi connectivity index (χ3v) is 1.03. The molecular formula is C8H13NO. The van der Waals surface area contributed by atoms with Crippen LogP contribution in [0.3, 0.4) is 0 Å². The van der Waals surface area contributed by atoms with Crippen LogP contribution in [-0.2, 0) is 0 Å². The Labute approximate surface area is 61.4 Å². The maximum Gasteiger partial charge on any atom is 0.115 e. The van der Waals surface area contributed by atoms with Gasteiger partial charge in [-0.1, -0.05) is 18.7 Å². The lowest BCUT2D eigenvalue weighted by Gasteiger charge is -1.95. The van der Waals surface area contributed by atoms with E-state index in [1.54, 1.807) is 6.08 Å². The second-order valence-corrected chi connectivity index (χ2v) is 1.97. The number of nitrogens with two attached hydrogens (primary N) is 1. The first-order valence-electron chi connectivity index (χ1n) is 3.11. The van der Waals surface area contributed by atoms with Crippen LogP contribution < -0.4 is 5.73 Å². The van der Waals surface area contributed by atoms with E-state index in [-0.39, 0.29) is 5.76 Å². The molecule has 56 valence electrons. The Morgan fingerprint density at radius 2 is 2.20 bits per heavy atom. The summed E-state index contributed by atoms with van der Waals surface area (Å²) in [5.74, 6) is 0.137. The molecule has 0 atom stereocenters. The molecule has 0 fully saturated rings. The van der Waals surface area contributed by atoms with Crippen LogP contribution in [-0.4, -0.2) is 11.7 Å². The van der Waals surface area contributed by atoms with Gasteiger partial charge >= 0.3 is 0 Å². The molecule has 0 aromatic rings. The lowest BCUT2D eigenvalue weighted by atomic mass is 10.2. The molecule has 0 aromatic carbocycles. The van der Waals surface area contributed by atoms with E-state index in [4.69, 9.17) is 10.8 Å². The molecule has 0 spiro atoms. The van der Waals surface area contributed by atoms with E-state index in [0.717, 1.165) is 5.57 Å². The summed E-state index contributed by atoms with van der Waals surface area (Å²) in [7, 11) is 0. The van der Waals surface area contributed by atoms with E-state index in [1.807, 2.05) is 0 Å². The number of rotatable bonds is 4. The highest BCUT2D eigenvalue weighted by molar-refractivity contribution is 5.22. The maximum absolute atomic E-state index is 8.90. The minimum Gasteiger partial charge on any atom is -0.508 e. The lowest BCUT2D eigenvalue weighted by Crippen LogP contribution is -1.98. The lowest BCUT2D eigenvalue weighted by molar-refractivity contribution is 0.432. The molecule has 0 aliphatic carbocycles. The molecule has 3 N–H and O–H groups in total. The van der Waals surface area contributed by atoms with Crippen molar-refractivity contribution in [3.63, 3.8) is 0 Å². The normalized spacial score (nSPS) is 11.1. The van der Waals surface area contributed by atoms with E-state index in [2.05, 4.69) is 13.2 Å². The largest absolute Gasteiger partial charge is 0.508 e. The van der Waals surface area contributed by atoms with Gasteiger partial charge in [-0.25, -0.2) is 0 Å². The average molecular weight is 139 g/mol. The third kappa shape index (κ3) is 3.92. The summed E-state index contributed by atoms with van der Waals surface area (Å²) < 4.78 is 0. The van der Waals surface area contributed by atoms with Crippen LogP contribution in [0.2, 0.25) is 0 Å². The molecule has 2 heteroatoms. The number of hydrogen-bond donors (Lipinski definition) is 2. The van der Waals surface area contributed by atoms with Crippen molar-refractivity contribution >= 4 is 0 Å². The molecule has 0 amide bonds. The molecule has 10 heavy (non-hydrogen) atoms. The monoisotopic (exact) mass is 139 g/mol. The fourth-order valence-corrected chi connectivity index (χ4v) is 0.526. The van der Waals surface area contributed by atoms with Crippen molar-refractivity contribution in [2.24, 2.45) is 5.73 Å². The first-order valence-corrected chi connectivity index (χ1v) is 3.11. The van der Waals surface area contributed by atoms with Gasteiger partial charge in [0.25, 0.3) is 0 Å². The molecule has 0 radical (unpaired) electrons. The van der Waals surface area contributed by atoms with Crippen LogP contribution in [0.1, 0.15) is 6.42 Å². The minimum absolute atomic E-state index is 0.137. The fourth-order valence-electron chi connectivity index (χ4n) is 0.526. The van der Waals surface area contributed by atoms with E-state index < -0.39 is 0 Å². The van der Waals surface area contributed by atoms with Gasteiger partial charge in [0.15, 0.2) is 0 Å². The van der Waals surface area contributed by atoms with Crippen molar-refractivity contribution in [2.75, 3.05) is 6.54 Å².